The first-order valence-electron chi connectivity index (χ1n) is 6.42. The van der Waals surface area contributed by atoms with E-state index in [1.165, 1.54) is 45.1 Å². The van der Waals surface area contributed by atoms with E-state index in [0.29, 0.717) is 10.8 Å². The molecule has 0 aromatic heterocycles. The van der Waals surface area contributed by atoms with Gasteiger partial charge >= 0.3 is 0 Å². The first-order chi connectivity index (χ1) is 7.04. The smallest absolute Gasteiger partial charge is 0.119 e. The molecule has 2 heteroatoms. The first kappa shape index (κ1) is 10.1. The monoisotopic (exact) mass is 209 g/mol. The van der Waals surface area contributed by atoms with E-state index in [-0.39, 0.29) is 5.72 Å². The van der Waals surface area contributed by atoms with Gasteiger partial charge in [-0.05, 0) is 43.9 Å². The van der Waals surface area contributed by atoms with E-state index < -0.39 is 0 Å². The zero-order valence-electron chi connectivity index (χ0n) is 10.1. The van der Waals surface area contributed by atoms with E-state index in [2.05, 4.69) is 19.2 Å². The summed E-state index contributed by atoms with van der Waals surface area (Å²) in [4.78, 5) is 0. The molecule has 0 atom stereocenters. The van der Waals surface area contributed by atoms with Gasteiger partial charge in [0.15, 0.2) is 0 Å². The second-order valence-corrected chi connectivity index (χ2v) is 6.80. The zero-order valence-corrected chi connectivity index (χ0v) is 10.1. The summed E-state index contributed by atoms with van der Waals surface area (Å²) in [5, 5.41) is 3.70. The van der Waals surface area contributed by atoms with Crippen LogP contribution in [-0.4, -0.2) is 18.9 Å². The average Bonchev–Trinajstić information content (AvgIpc) is 2.97. The van der Waals surface area contributed by atoms with Crippen LogP contribution in [0.2, 0.25) is 0 Å². The number of ether oxygens (including phenoxy) is 1. The molecule has 3 aliphatic rings. The predicted molar refractivity (Wildman–Crippen MR) is 60.6 cm³/mol. The van der Waals surface area contributed by atoms with Gasteiger partial charge in [0.2, 0.25) is 0 Å². The van der Waals surface area contributed by atoms with Gasteiger partial charge in [0.05, 0.1) is 6.61 Å². The maximum absolute atomic E-state index is 6.17. The first-order valence-corrected chi connectivity index (χ1v) is 6.42. The Hall–Kier alpha value is -0.0800. The molecule has 2 aliphatic carbocycles. The molecule has 86 valence electrons. The van der Waals surface area contributed by atoms with Crippen molar-refractivity contribution in [2.75, 3.05) is 13.2 Å². The van der Waals surface area contributed by atoms with Gasteiger partial charge in [0.1, 0.15) is 5.72 Å². The van der Waals surface area contributed by atoms with Gasteiger partial charge in [-0.2, -0.15) is 0 Å². The molecule has 1 saturated heterocycles. The second kappa shape index (κ2) is 2.98. The highest BCUT2D eigenvalue weighted by molar-refractivity contribution is 5.02. The molecule has 3 fully saturated rings. The molecule has 15 heavy (non-hydrogen) atoms. The fourth-order valence-electron chi connectivity index (χ4n) is 2.89. The van der Waals surface area contributed by atoms with E-state index in [0.717, 1.165) is 6.61 Å². The topological polar surface area (TPSA) is 21.3 Å². The van der Waals surface area contributed by atoms with Crippen molar-refractivity contribution in [3.8, 4) is 0 Å². The normalized spacial score (nSPS) is 35.6. The lowest BCUT2D eigenvalue weighted by molar-refractivity contribution is -0.152. The third kappa shape index (κ3) is 1.83. The maximum atomic E-state index is 6.17. The molecule has 2 spiro atoms. The van der Waals surface area contributed by atoms with Gasteiger partial charge in [0, 0.05) is 12.0 Å². The molecule has 0 amide bonds. The Morgan fingerprint density at radius 2 is 1.60 bits per heavy atom. The quantitative estimate of drug-likeness (QED) is 0.662. The van der Waals surface area contributed by atoms with Crippen LogP contribution in [0.3, 0.4) is 0 Å². The van der Waals surface area contributed by atoms with Crippen LogP contribution in [-0.2, 0) is 4.74 Å². The zero-order chi connectivity index (χ0) is 10.6. The second-order valence-electron chi connectivity index (χ2n) is 6.80. The van der Waals surface area contributed by atoms with Crippen molar-refractivity contribution in [2.24, 2.45) is 10.8 Å². The van der Waals surface area contributed by atoms with Gasteiger partial charge in [-0.15, -0.1) is 0 Å². The molecule has 0 aromatic rings. The Morgan fingerprint density at radius 1 is 0.933 bits per heavy atom. The SMILES string of the molecule is CC1(C)CCC2(CC1)NCC1(CC1)CO2. The van der Waals surface area contributed by atoms with Crippen molar-refractivity contribution in [1.82, 2.24) is 5.32 Å². The maximum Gasteiger partial charge on any atom is 0.119 e. The molecule has 1 heterocycles. The fourth-order valence-corrected chi connectivity index (χ4v) is 2.89. The highest BCUT2D eigenvalue weighted by Gasteiger charge is 2.51. The van der Waals surface area contributed by atoms with Crippen LogP contribution in [0.5, 0.6) is 0 Å². The standard InChI is InChI=1S/C13H23NO/c1-11(2)3-7-13(8-4-11)14-9-12(5-6-12)10-15-13/h14H,3-10H2,1-2H3. The third-order valence-corrected chi connectivity index (χ3v) is 4.81. The minimum atomic E-state index is 0.0589. The molecule has 0 bridgehead atoms. The summed E-state index contributed by atoms with van der Waals surface area (Å²) in [6, 6.07) is 0. The lowest BCUT2D eigenvalue weighted by atomic mass is 9.73. The molecule has 1 N–H and O–H groups in total. The summed E-state index contributed by atoms with van der Waals surface area (Å²) in [5.74, 6) is 0. The van der Waals surface area contributed by atoms with E-state index in [4.69, 9.17) is 4.74 Å². The Morgan fingerprint density at radius 3 is 2.07 bits per heavy atom. The molecular formula is C13H23NO. The van der Waals surface area contributed by atoms with Crippen LogP contribution in [0.25, 0.3) is 0 Å². The summed E-state index contributed by atoms with van der Waals surface area (Å²) >= 11 is 0. The molecule has 0 unspecified atom stereocenters. The van der Waals surface area contributed by atoms with E-state index in [9.17, 15) is 0 Å². The molecule has 0 aromatic carbocycles. The van der Waals surface area contributed by atoms with Crippen molar-refractivity contribution >= 4 is 0 Å². The van der Waals surface area contributed by atoms with Crippen LogP contribution in [0.15, 0.2) is 0 Å². The average molecular weight is 209 g/mol. The summed E-state index contributed by atoms with van der Waals surface area (Å²) in [7, 11) is 0. The number of hydrogen-bond donors (Lipinski definition) is 1. The Balaban J connectivity index is 1.62. The summed E-state index contributed by atoms with van der Waals surface area (Å²) < 4.78 is 6.17. The highest BCUT2D eigenvalue weighted by Crippen LogP contribution is 2.51. The molecular weight excluding hydrogens is 186 g/mol. The van der Waals surface area contributed by atoms with Crippen LogP contribution < -0.4 is 5.32 Å². The van der Waals surface area contributed by atoms with Gasteiger partial charge in [-0.1, -0.05) is 13.8 Å². The van der Waals surface area contributed by atoms with Crippen LogP contribution in [0.4, 0.5) is 0 Å². The Bertz CT molecular complexity index is 228. The largest absolute Gasteiger partial charge is 0.360 e. The van der Waals surface area contributed by atoms with Crippen LogP contribution in [0.1, 0.15) is 52.4 Å². The van der Waals surface area contributed by atoms with Crippen molar-refractivity contribution < 1.29 is 4.74 Å². The van der Waals surface area contributed by atoms with E-state index >= 15 is 0 Å². The van der Waals surface area contributed by atoms with Crippen LogP contribution in [0, 0.1) is 10.8 Å². The molecule has 0 radical (unpaired) electrons. The number of hydrogen-bond acceptors (Lipinski definition) is 2. The molecule has 2 saturated carbocycles. The lowest BCUT2D eigenvalue weighted by Gasteiger charge is -2.47. The Labute approximate surface area is 92.8 Å². The number of rotatable bonds is 0. The predicted octanol–water partition coefficient (Wildman–Crippen LogP) is 2.68. The van der Waals surface area contributed by atoms with E-state index in [1.807, 2.05) is 0 Å². The Kier molecular flexibility index (Phi) is 2.01. The van der Waals surface area contributed by atoms with E-state index in [1.54, 1.807) is 0 Å². The minimum absolute atomic E-state index is 0.0589. The van der Waals surface area contributed by atoms with Gasteiger partial charge < -0.3 is 4.74 Å². The number of nitrogens with one attached hydrogen (secondary N) is 1. The lowest BCUT2D eigenvalue weighted by Crippen LogP contribution is -2.57. The van der Waals surface area contributed by atoms with Crippen molar-refractivity contribution in [2.45, 2.75) is 58.1 Å². The molecule has 2 nitrogen and oxygen atoms in total. The van der Waals surface area contributed by atoms with Crippen molar-refractivity contribution in [3.63, 3.8) is 0 Å². The van der Waals surface area contributed by atoms with Gasteiger partial charge in [0.25, 0.3) is 0 Å². The van der Waals surface area contributed by atoms with Gasteiger partial charge in [-0.3, -0.25) is 5.32 Å². The minimum Gasteiger partial charge on any atom is -0.360 e. The summed E-state index contributed by atoms with van der Waals surface area (Å²) in [6.07, 6.45) is 7.76. The van der Waals surface area contributed by atoms with Crippen LogP contribution >= 0.6 is 0 Å². The molecule has 3 rings (SSSR count). The third-order valence-electron chi connectivity index (χ3n) is 4.81. The fraction of sp³-hybridized carbons (Fsp3) is 1.00. The molecule has 1 aliphatic heterocycles. The van der Waals surface area contributed by atoms with Crippen molar-refractivity contribution in [3.05, 3.63) is 0 Å². The van der Waals surface area contributed by atoms with Crippen molar-refractivity contribution in [1.29, 1.82) is 0 Å². The summed E-state index contributed by atoms with van der Waals surface area (Å²) in [5.41, 5.74) is 1.15. The highest BCUT2D eigenvalue weighted by atomic mass is 16.5. The van der Waals surface area contributed by atoms with Gasteiger partial charge in [-0.25, -0.2) is 0 Å². The summed E-state index contributed by atoms with van der Waals surface area (Å²) in [6.45, 7) is 6.98.